The number of rotatable bonds is 5. The van der Waals surface area contributed by atoms with Crippen LogP contribution in [-0.2, 0) is 0 Å². The Morgan fingerprint density at radius 1 is 1.00 bits per heavy atom. The largest absolute Gasteiger partial charge is 0.491 e. The normalized spacial score (nSPS) is 10.4. The van der Waals surface area contributed by atoms with Crippen molar-refractivity contribution in [1.82, 2.24) is 0 Å². The second kappa shape index (κ2) is 6.17. The monoisotopic (exact) mass is 285 g/mol. The van der Waals surface area contributed by atoms with Gasteiger partial charge in [-0.3, -0.25) is 14.9 Å². The van der Waals surface area contributed by atoms with Crippen LogP contribution in [0.15, 0.2) is 48.5 Å². The molecule has 2 rings (SSSR count). The van der Waals surface area contributed by atoms with E-state index in [1.807, 2.05) is 13.8 Å². The van der Waals surface area contributed by atoms with Gasteiger partial charge in [-0.2, -0.15) is 0 Å². The van der Waals surface area contributed by atoms with Crippen LogP contribution in [0.4, 0.5) is 5.69 Å². The maximum atomic E-state index is 12.3. The fourth-order valence-electron chi connectivity index (χ4n) is 1.86. The first-order chi connectivity index (χ1) is 9.97. The molecule has 108 valence electrons. The third kappa shape index (κ3) is 3.66. The predicted octanol–water partition coefficient (Wildman–Crippen LogP) is 3.61. The topological polar surface area (TPSA) is 69.4 Å². The summed E-state index contributed by atoms with van der Waals surface area (Å²) >= 11 is 0. The molecule has 0 saturated heterocycles. The molecule has 0 aliphatic heterocycles. The van der Waals surface area contributed by atoms with Crippen molar-refractivity contribution >= 4 is 11.5 Å². The minimum absolute atomic E-state index is 0.0350. The van der Waals surface area contributed by atoms with Gasteiger partial charge in [-0.05, 0) is 50.2 Å². The summed E-state index contributed by atoms with van der Waals surface area (Å²) in [5, 5.41) is 10.6. The van der Waals surface area contributed by atoms with Gasteiger partial charge in [0.05, 0.1) is 11.0 Å². The van der Waals surface area contributed by atoms with Crippen molar-refractivity contribution < 1.29 is 14.5 Å². The molecule has 0 unspecified atom stereocenters. The number of non-ortho nitro benzene ring substituents is 1. The molecule has 0 bridgehead atoms. The fraction of sp³-hybridized carbons (Fsp3) is 0.188. The molecule has 2 aromatic rings. The molecule has 5 nitrogen and oxygen atoms in total. The van der Waals surface area contributed by atoms with Crippen molar-refractivity contribution in [3.63, 3.8) is 0 Å². The van der Waals surface area contributed by atoms with Crippen molar-refractivity contribution in [3.8, 4) is 5.75 Å². The number of nitrogens with zero attached hydrogens (tertiary/aromatic N) is 1. The number of ether oxygens (including phenoxy) is 1. The van der Waals surface area contributed by atoms with Gasteiger partial charge >= 0.3 is 0 Å². The Balaban J connectivity index is 2.17. The van der Waals surface area contributed by atoms with Gasteiger partial charge in [0.2, 0.25) is 0 Å². The minimum atomic E-state index is -0.494. The summed E-state index contributed by atoms with van der Waals surface area (Å²) in [7, 11) is 0. The molecular weight excluding hydrogens is 270 g/mol. The van der Waals surface area contributed by atoms with Gasteiger partial charge in [0.15, 0.2) is 5.78 Å². The van der Waals surface area contributed by atoms with E-state index in [0.717, 1.165) is 0 Å². The molecule has 0 aliphatic carbocycles. The zero-order valence-corrected chi connectivity index (χ0v) is 11.8. The highest BCUT2D eigenvalue weighted by atomic mass is 16.6. The van der Waals surface area contributed by atoms with Crippen LogP contribution in [0.2, 0.25) is 0 Å². The second-order valence-corrected chi connectivity index (χ2v) is 4.82. The maximum Gasteiger partial charge on any atom is 0.269 e. The second-order valence-electron chi connectivity index (χ2n) is 4.82. The number of hydrogen-bond donors (Lipinski definition) is 0. The van der Waals surface area contributed by atoms with Crippen LogP contribution < -0.4 is 4.74 Å². The summed E-state index contributed by atoms with van der Waals surface area (Å²) in [6.07, 6.45) is 0.0706. The summed E-state index contributed by atoms with van der Waals surface area (Å²) in [5.41, 5.74) is 0.894. The Morgan fingerprint density at radius 2 is 1.48 bits per heavy atom. The average molecular weight is 285 g/mol. The molecule has 0 aliphatic rings. The van der Waals surface area contributed by atoms with Crippen LogP contribution in [0, 0.1) is 10.1 Å². The van der Waals surface area contributed by atoms with Gasteiger partial charge in [0, 0.05) is 23.3 Å². The number of nitro groups is 1. The summed E-state index contributed by atoms with van der Waals surface area (Å²) in [6, 6.07) is 12.4. The Labute approximate surface area is 122 Å². The van der Waals surface area contributed by atoms with E-state index >= 15 is 0 Å². The molecule has 0 fully saturated rings. The van der Waals surface area contributed by atoms with Gasteiger partial charge in [0.1, 0.15) is 5.75 Å². The maximum absolute atomic E-state index is 12.3. The number of nitro benzene ring substituents is 1. The molecule has 0 saturated carbocycles. The Hall–Kier alpha value is -2.69. The van der Waals surface area contributed by atoms with Crippen molar-refractivity contribution in [3.05, 3.63) is 69.8 Å². The molecule has 0 amide bonds. The summed E-state index contributed by atoms with van der Waals surface area (Å²) in [5.74, 6) is 0.520. The predicted molar refractivity (Wildman–Crippen MR) is 78.7 cm³/mol. The standard InChI is InChI=1S/C16H15NO4/c1-11(2)21-15-9-5-13(6-10-15)16(18)12-3-7-14(8-4-12)17(19)20/h3-11H,1-2H3. The molecule has 0 spiro atoms. The van der Waals surface area contributed by atoms with E-state index in [1.165, 1.54) is 24.3 Å². The van der Waals surface area contributed by atoms with Gasteiger partial charge < -0.3 is 4.74 Å². The summed E-state index contributed by atoms with van der Waals surface area (Å²) in [6.45, 7) is 3.85. The van der Waals surface area contributed by atoms with Crippen molar-refractivity contribution in [2.24, 2.45) is 0 Å². The van der Waals surface area contributed by atoms with Crippen LogP contribution in [0.1, 0.15) is 29.8 Å². The van der Waals surface area contributed by atoms with Gasteiger partial charge in [-0.25, -0.2) is 0 Å². The highest BCUT2D eigenvalue weighted by molar-refractivity contribution is 6.09. The summed E-state index contributed by atoms with van der Waals surface area (Å²) in [4.78, 5) is 22.3. The SMILES string of the molecule is CC(C)Oc1ccc(C(=O)c2ccc([N+](=O)[O-])cc2)cc1. The molecule has 21 heavy (non-hydrogen) atoms. The molecule has 2 aromatic carbocycles. The first-order valence-corrected chi connectivity index (χ1v) is 6.53. The van der Waals surface area contributed by atoms with E-state index in [-0.39, 0.29) is 17.6 Å². The molecule has 0 heterocycles. The lowest BCUT2D eigenvalue weighted by atomic mass is 10.0. The van der Waals surface area contributed by atoms with Crippen LogP contribution >= 0.6 is 0 Å². The van der Waals surface area contributed by atoms with Crippen LogP contribution in [0.25, 0.3) is 0 Å². The third-order valence-corrected chi connectivity index (χ3v) is 2.83. The molecule has 5 heteroatoms. The number of benzene rings is 2. The lowest BCUT2D eigenvalue weighted by Crippen LogP contribution is -2.06. The zero-order valence-electron chi connectivity index (χ0n) is 11.8. The fourth-order valence-corrected chi connectivity index (χ4v) is 1.86. The number of ketones is 1. The average Bonchev–Trinajstić information content (AvgIpc) is 2.47. The molecule has 0 radical (unpaired) electrons. The third-order valence-electron chi connectivity index (χ3n) is 2.83. The summed E-state index contributed by atoms with van der Waals surface area (Å²) < 4.78 is 5.51. The van der Waals surface area contributed by atoms with Gasteiger partial charge in [-0.1, -0.05) is 0 Å². The van der Waals surface area contributed by atoms with Gasteiger partial charge in [0.25, 0.3) is 5.69 Å². The van der Waals surface area contributed by atoms with Gasteiger partial charge in [-0.15, -0.1) is 0 Å². The van der Waals surface area contributed by atoms with E-state index in [1.54, 1.807) is 24.3 Å². The van der Waals surface area contributed by atoms with E-state index in [4.69, 9.17) is 4.74 Å². The van der Waals surface area contributed by atoms with Crippen LogP contribution in [-0.4, -0.2) is 16.8 Å². The number of hydrogen-bond acceptors (Lipinski definition) is 4. The Bertz CT molecular complexity index is 645. The molecule has 0 atom stereocenters. The van der Waals surface area contributed by atoms with Crippen molar-refractivity contribution in [2.75, 3.05) is 0 Å². The minimum Gasteiger partial charge on any atom is -0.491 e. The quantitative estimate of drug-likeness (QED) is 0.478. The Kier molecular flexibility index (Phi) is 4.33. The number of carbonyl (C=O) groups is 1. The van der Waals surface area contributed by atoms with Crippen LogP contribution in [0.5, 0.6) is 5.75 Å². The number of carbonyl (C=O) groups excluding carboxylic acids is 1. The van der Waals surface area contributed by atoms with Crippen LogP contribution in [0.3, 0.4) is 0 Å². The van der Waals surface area contributed by atoms with Crippen molar-refractivity contribution in [2.45, 2.75) is 20.0 Å². The van der Waals surface area contributed by atoms with Crippen molar-refractivity contribution in [1.29, 1.82) is 0 Å². The highest BCUT2D eigenvalue weighted by Crippen LogP contribution is 2.18. The molecule has 0 aromatic heterocycles. The van der Waals surface area contributed by atoms with E-state index < -0.39 is 4.92 Å². The van der Waals surface area contributed by atoms with E-state index in [9.17, 15) is 14.9 Å². The Morgan fingerprint density at radius 3 is 1.90 bits per heavy atom. The van der Waals surface area contributed by atoms with E-state index in [0.29, 0.717) is 16.9 Å². The first-order valence-electron chi connectivity index (χ1n) is 6.53. The van der Waals surface area contributed by atoms with E-state index in [2.05, 4.69) is 0 Å². The first kappa shape index (κ1) is 14.7. The molecule has 0 N–H and O–H groups in total. The molecular formula is C16H15NO4. The smallest absolute Gasteiger partial charge is 0.269 e. The lowest BCUT2D eigenvalue weighted by molar-refractivity contribution is -0.384. The zero-order chi connectivity index (χ0) is 15.4. The lowest BCUT2D eigenvalue weighted by Gasteiger charge is -2.09. The highest BCUT2D eigenvalue weighted by Gasteiger charge is 2.11.